The summed E-state index contributed by atoms with van der Waals surface area (Å²) in [7, 11) is 0. The number of carbonyl (C=O) groups is 2. The van der Waals surface area contributed by atoms with Crippen LogP contribution in [0.25, 0.3) is 0 Å². The standard InChI is InChI=1S/C20H16BrN3O5/c1-19(2)6-11(25)13-12(7-19)29-16-14(15(26)23-18(28)24-16)20(13)9-5-8(21)3-4-10(9)22-17(20)27/h3-5H,6-7H2,1-2H3,(H,22,27)(H2,23,24,26,28). The number of rotatable bonds is 0. The fourth-order valence-electron chi connectivity index (χ4n) is 4.67. The van der Waals surface area contributed by atoms with Gasteiger partial charge in [-0.05, 0) is 23.6 Å². The number of aromatic amines is 2. The molecule has 1 aromatic heterocycles. The van der Waals surface area contributed by atoms with Crippen LogP contribution in [0.1, 0.15) is 37.8 Å². The Labute approximate surface area is 172 Å². The van der Waals surface area contributed by atoms with Crippen LogP contribution in [0.5, 0.6) is 5.88 Å². The lowest BCUT2D eigenvalue weighted by Crippen LogP contribution is -2.51. The first-order chi connectivity index (χ1) is 13.6. The molecule has 5 rings (SSSR count). The molecular weight excluding hydrogens is 442 g/mol. The topological polar surface area (TPSA) is 121 Å². The number of halogens is 1. The van der Waals surface area contributed by atoms with Gasteiger partial charge >= 0.3 is 5.69 Å². The van der Waals surface area contributed by atoms with Crippen LogP contribution >= 0.6 is 15.9 Å². The van der Waals surface area contributed by atoms with Crippen molar-refractivity contribution in [1.29, 1.82) is 0 Å². The Hall–Kier alpha value is -2.94. The molecule has 148 valence electrons. The fourth-order valence-corrected chi connectivity index (χ4v) is 5.03. The third-order valence-electron chi connectivity index (χ3n) is 5.69. The molecule has 29 heavy (non-hydrogen) atoms. The first-order valence-corrected chi connectivity index (χ1v) is 9.86. The molecule has 0 saturated carbocycles. The zero-order chi connectivity index (χ0) is 20.7. The second kappa shape index (κ2) is 5.56. The highest BCUT2D eigenvalue weighted by Crippen LogP contribution is 2.56. The van der Waals surface area contributed by atoms with Gasteiger partial charge in [0, 0.05) is 28.6 Å². The number of carbonyl (C=O) groups excluding carboxylic acids is 2. The Balaban J connectivity index is 1.96. The Bertz CT molecular complexity index is 1290. The van der Waals surface area contributed by atoms with E-state index in [1.165, 1.54) is 0 Å². The number of benzene rings is 1. The molecule has 1 spiro atoms. The van der Waals surface area contributed by atoms with Crippen LogP contribution in [0.3, 0.4) is 0 Å². The number of nitrogens with one attached hydrogen (secondary N) is 3. The van der Waals surface area contributed by atoms with Crippen LogP contribution in [0.2, 0.25) is 0 Å². The van der Waals surface area contributed by atoms with Gasteiger partial charge in [0.05, 0.1) is 5.57 Å². The summed E-state index contributed by atoms with van der Waals surface area (Å²) in [4.78, 5) is 56.3. The zero-order valence-corrected chi connectivity index (χ0v) is 17.2. The van der Waals surface area contributed by atoms with Crippen molar-refractivity contribution in [3.05, 3.63) is 66.0 Å². The van der Waals surface area contributed by atoms with E-state index in [4.69, 9.17) is 4.74 Å². The van der Waals surface area contributed by atoms with Gasteiger partial charge in [-0.2, -0.15) is 0 Å². The SMILES string of the molecule is CC1(C)CC(=O)C2=C(C1)Oc1[nH]c(=O)[nH]c(=O)c1C21C(=O)Nc2ccc(Br)cc21. The summed E-state index contributed by atoms with van der Waals surface area (Å²) >= 11 is 3.41. The molecular formula is C20H16BrN3O5. The van der Waals surface area contributed by atoms with E-state index < -0.39 is 22.6 Å². The third kappa shape index (κ3) is 2.30. The maximum atomic E-state index is 13.5. The van der Waals surface area contributed by atoms with Gasteiger partial charge in [0.1, 0.15) is 16.7 Å². The summed E-state index contributed by atoms with van der Waals surface area (Å²) in [5.74, 6) is -0.572. The average Bonchev–Trinajstić information content (AvgIpc) is 2.85. The molecule has 0 saturated heterocycles. The normalized spacial score (nSPS) is 24.0. The van der Waals surface area contributed by atoms with E-state index in [0.29, 0.717) is 27.9 Å². The molecule has 1 unspecified atom stereocenters. The Morgan fingerprint density at radius 3 is 2.59 bits per heavy atom. The predicted octanol–water partition coefficient (Wildman–Crippen LogP) is 2.10. The summed E-state index contributed by atoms with van der Waals surface area (Å²) in [5.41, 5.74) is -2.54. The highest BCUT2D eigenvalue weighted by molar-refractivity contribution is 9.10. The van der Waals surface area contributed by atoms with Crippen molar-refractivity contribution >= 4 is 33.3 Å². The number of H-pyrrole nitrogens is 2. The maximum absolute atomic E-state index is 13.5. The van der Waals surface area contributed by atoms with Crippen molar-refractivity contribution in [3.8, 4) is 5.88 Å². The van der Waals surface area contributed by atoms with Crippen molar-refractivity contribution in [2.45, 2.75) is 32.1 Å². The molecule has 1 aliphatic carbocycles. The van der Waals surface area contributed by atoms with Crippen LogP contribution in [-0.2, 0) is 15.0 Å². The van der Waals surface area contributed by atoms with E-state index in [1.807, 2.05) is 13.8 Å². The Morgan fingerprint density at radius 2 is 1.83 bits per heavy atom. The summed E-state index contributed by atoms with van der Waals surface area (Å²) in [5, 5.41) is 2.80. The number of allylic oxidation sites excluding steroid dienone is 1. The fraction of sp³-hybridized carbons (Fsp3) is 0.300. The first-order valence-electron chi connectivity index (χ1n) is 9.07. The predicted molar refractivity (Wildman–Crippen MR) is 107 cm³/mol. The summed E-state index contributed by atoms with van der Waals surface area (Å²) in [6.07, 6.45) is 0.602. The molecule has 0 fully saturated rings. The molecule has 2 aliphatic heterocycles. The molecule has 2 aromatic rings. The maximum Gasteiger partial charge on any atom is 0.328 e. The number of Topliss-reactive ketones (excluding diaryl/α,β-unsaturated/α-hetero) is 1. The Kier molecular flexibility index (Phi) is 3.48. The number of hydrogen-bond donors (Lipinski definition) is 3. The monoisotopic (exact) mass is 457 g/mol. The molecule has 8 nitrogen and oxygen atoms in total. The minimum atomic E-state index is -1.69. The van der Waals surface area contributed by atoms with E-state index >= 15 is 0 Å². The molecule has 3 aliphatic rings. The zero-order valence-electron chi connectivity index (χ0n) is 15.6. The van der Waals surface area contributed by atoms with Crippen molar-refractivity contribution in [1.82, 2.24) is 9.97 Å². The minimum Gasteiger partial charge on any atom is -0.444 e. The van der Waals surface area contributed by atoms with Crippen molar-refractivity contribution in [2.75, 3.05) is 5.32 Å². The molecule has 0 radical (unpaired) electrons. The average molecular weight is 458 g/mol. The molecule has 0 bridgehead atoms. The van der Waals surface area contributed by atoms with Crippen molar-refractivity contribution < 1.29 is 14.3 Å². The van der Waals surface area contributed by atoms with Crippen LogP contribution in [0, 0.1) is 5.41 Å². The number of amides is 1. The van der Waals surface area contributed by atoms with Gasteiger partial charge in [-0.25, -0.2) is 4.79 Å². The number of fused-ring (bicyclic) bond motifs is 5. The van der Waals surface area contributed by atoms with Gasteiger partial charge in [0.15, 0.2) is 5.78 Å². The summed E-state index contributed by atoms with van der Waals surface area (Å²) in [6.45, 7) is 3.86. The number of hydrogen-bond acceptors (Lipinski definition) is 5. The quantitative estimate of drug-likeness (QED) is 0.559. The van der Waals surface area contributed by atoms with Gasteiger partial charge < -0.3 is 10.1 Å². The van der Waals surface area contributed by atoms with E-state index in [-0.39, 0.29) is 34.6 Å². The molecule has 1 amide bonds. The van der Waals surface area contributed by atoms with E-state index in [9.17, 15) is 19.2 Å². The number of ether oxygens (including phenoxy) is 1. The second-order valence-corrected chi connectivity index (χ2v) is 9.26. The van der Waals surface area contributed by atoms with Crippen molar-refractivity contribution in [3.63, 3.8) is 0 Å². The number of ketones is 1. The largest absolute Gasteiger partial charge is 0.444 e. The molecule has 9 heteroatoms. The molecule has 3 N–H and O–H groups in total. The lowest BCUT2D eigenvalue weighted by Gasteiger charge is -2.41. The van der Waals surface area contributed by atoms with Crippen LogP contribution in [0.15, 0.2) is 43.6 Å². The molecule has 3 heterocycles. The molecule has 1 atom stereocenters. The number of aromatic nitrogens is 2. The summed E-state index contributed by atoms with van der Waals surface area (Å²) in [6, 6.07) is 5.18. The van der Waals surface area contributed by atoms with Gasteiger partial charge in [-0.3, -0.25) is 24.4 Å². The third-order valence-corrected chi connectivity index (χ3v) is 6.19. The van der Waals surface area contributed by atoms with Gasteiger partial charge in [-0.1, -0.05) is 29.8 Å². The van der Waals surface area contributed by atoms with E-state index in [0.717, 1.165) is 0 Å². The van der Waals surface area contributed by atoms with Crippen LogP contribution in [0.4, 0.5) is 5.69 Å². The van der Waals surface area contributed by atoms with Crippen LogP contribution < -0.4 is 21.3 Å². The number of anilines is 1. The first kappa shape index (κ1) is 18.1. The van der Waals surface area contributed by atoms with Crippen molar-refractivity contribution in [2.24, 2.45) is 5.41 Å². The highest BCUT2D eigenvalue weighted by Gasteiger charge is 2.61. The van der Waals surface area contributed by atoms with Gasteiger partial charge in [0.2, 0.25) is 11.8 Å². The lowest BCUT2D eigenvalue weighted by molar-refractivity contribution is -0.124. The molecule has 1 aromatic carbocycles. The van der Waals surface area contributed by atoms with Crippen LogP contribution in [-0.4, -0.2) is 21.7 Å². The second-order valence-electron chi connectivity index (χ2n) is 8.35. The highest BCUT2D eigenvalue weighted by atomic mass is 79.9. The van der Waals surface area contributed by atoms with Gasteiger partial charge in [-0.15, -0.1) is 0 Å². The van der Waals surface area contributed by atoms with E-state index in [2.05, 4.69) is 31.2 Å². The smallest absolute Gasteiger partial charge is 0.328 e. The Morgan fingerprint density at radius 1 is 1.07 bits per heavy atom. The summed E-state index contributed by atoms with van der Waals surface area (Å²) < 4.78 is 6.56. The lowest BCUT2D eigenvalue weighted by atomic mass is 9.62. The minimum absolute atomic E-state index is 0.0849. The van der Waals surface area contributed by atoms with Gasteiger partial charge in [0.25, 0.3) is 5.56 Å². The van der Waals surface area contributed by atoms with E-state index in [1.54, 1.807) is 18.2 Å².